The molecule has 32 heavy (non-hydrogen) atoms. The predicted molar refractivity (Wildman–Crippen MR) is 121 cm³/mol. The van der Waals surface area contributed by atoms with Crippen molar-refractivity contribution in [1.29, 1.82) is 0 Å². The van der Waals surface area contributed by atoms with Gasteiger partial charge in [0, 0.05) is 25.4 Å². The Morgan fingerprint density at radius 3 is 2.88 bits per heavy atom. The molecule has 0 amide bonds. The number of hydrogen-bond donors (Lipinski definition) is 0. The molecular weight excluding hydrogens is 456 g/mol. The Morgan fingerprint density at radius 1 is 1.28 bits per heavy atom. The maximum Gasteiger partial charge on any atom is 0.202 e. The largest absolute Gasteiger partial charge is 0.440 e. The second kappa shape index (κ2) is 9.11. The van der Waals surface area contributed by atoms with E-state index in [0.29, 0.717) is 17.1 Å². The van der Waals surface area contributed by atoms with E-state index in [0.717, 1.165) is 61.6 Å². The van der Waals surface area contributed by atoms with E-state index < -0.39 is 11.6 Å². The highest BCUT2D eigenvalue weighted by atomic mass is 35.5. The third kappa shape index (κ3) is 4.30. The van der Waals surface area contributed by atoms with Crippen molar-refractivity contribution in [3.8, 4) is 11.6 Å². The van der Waals surface area contributed by atoms with E-state index in [-0.39, 0.29) is 23.7 Å². The molecule has 0 bridgehead atoms. The molecule has 2 aromatic heterocycles. The van der Waals surface area contributed by atoms with Crippen LogP contribution in [-0.4, -0.2) is 50.0 Å². The van der Waals surface area contributed by atoms with Gasteiger partial charge in [-0.05, 0) is 62.2 Å². The zero-order valence-corrected chi connectivity index (χ0v) is 19.7. The monoisotopic (exact) mass is 481 g/mol. The summed E-state index contributed by atoms with van der Waals surface area (Å²) in [6.45, 7) is 4.94. The molecular formula is C22H26ClF2N5OS. The van der Waals surface area contributed by atoms with Crippen LogP contribution in [0.3, 0.4) is 0 Å². The van der Waals surface area contributed by atoms with Gasteiger partial charge in [0.05, 0.1) is 5.69 Å². The first-order valence-electron chi connectivity index (χ1n) is 10.6. The topological polar surface area (TPSA) is 60.0 Å². The molecule has 1 spiro atoms. The molecule has 6 nitrogen and oxygen atoms in total. The van der Waals surface area contributed by atoms with E-state index in [9.17, 15) is 8.78 Å². The van der Waals surface area contributed by atoms with E-state index in [2.05, 4.69) is 20.1 Å². The van der Waals surface area contributed by atoms with Crippen molar-refractivity contribution in [2.24, 2.45) is 12.5 Å². The number of nitrogens with zero attached hydrogens (tertiary/aromatic N) is 5. The van der Waals surface area contributed by atoms with Gasteiger partial charge in [-0.25, -0.2) is 13.8 Å². The van der Waals surface area contributed by atoms with Crippen LogP contribution in [0.4, 0.5) is 8.78 Å². The summed E-state index contributed by atoms with van der Waals surface area (Å²) in [6.07, 6.45) is 4.55. The van der Waals surface area contributed by atoms with Crippen LogP contribution < -0.4 is 0 Å². The SMILES string of the molecule is Cc1ncoc1-c1nnc(SCCCN2CC[C@]3(C[C@@H]3c3ccc(F)cc3F)C2)n1C.Cl. The maximum absolute atomic E-state index is 14.2. The summed E-state index contributed by atoms with van der Waals surface area (Å²) in [5.41, 5.74) is 1.66. The average molecular weight is 482 g/mol. The van der Waals surface area contributed by atoms with E-state index in [1.807, 2.05) is 18.5 Å². The summed E-state index contributed by atoms with van der Waals surface area (Å²) in [5, 5.41) is 9.39. The molecule has 3 aromatic rings. The van der Waals surface area contributed by atoms with Crippen molar-refractivity contribution in [2.75, 3.05) is 25.4 Å². The van der Waals surface area contributed by atoms with Gasteiger partial charge in [-0.2, -0.15) is 0 Å². The summed E-state index contributed by atoms with van der Waals surface area (Å²) in [7, 11) is 1.94. The number of hydrogen-bond acceptors (Lipinski definition) is 6. The molecule has 172 valence electrons. The third-order valence-corrected chi connectivity index (χ3v) is 7.73. The highest BCUT2D eigenvalue weighted by molar-refractivity contribution is 7.99. The van der Waals surface area contributed by atoms with Crippen molar-refractivity contribution in [3.63, 3.8) is 0 Å². The van der Waals surface area contributed by atoms with Crippen LogP contribution in [0.25, 0.3) is 11.6 Å². The number of likely N-dealkylation sites (tertiary alicyclic amines) is 1. The van der Waals surface area contributed by atoms with Gasteiger partial charge >= 0.3 is 0 Å². The smallest absolute Gasteiger partial charge is 0.202 e. The zero-order chi connectivity index (χ0) is 21.6. The Morgan fingerprint density at radius 2 is 2.12 bits per heavy atom. The van der Waals surface area contributed by atoms with Crippen LogP contribution in [0.15, 0.2) is 34.2 Å². The number of aryl methyl sites for hydroxylation is 1. The Hall–Kier alpha value is -1.97. The first-order chi connectivity index (χ1) is 15.0. The summed E-state index contributed by atoms with van der Waals surface area (Å²) in [6, 6.07) is 4.00. The number of halogens is 3. The van der Waals surface area contributed by atoms with Gasteiger partial charge < -0.3 is 13.9 Å². The fourth-order valence-electron chi connectivity index (χ4n) is 4.80. The molecule has 5 rings (SSSR count). The van der Waals surface area contributed by atoms with Crippen molar-refractivity contribution < 1.29 is 13.2 Å². The van der Waals surface area contributed by atoms with E-state index >= 15 is 0 Å². The van der Waals surface area contributed by atoms with E-state index in [1.54, 1.807) is 17.8 Å². The zero-order valence-electron chi connectivity index (χ0n) is 18.1. The quantitative estimate of drug-likeness (QED) is 0.355. The van der Waals surface area contributed by atoms with Gasteiger partial charge in [-0.3, -0.25) is 0 Å². The highest BCUT2D eigenvalue weighted by Gasteiger charge is 2.58. The van der Waals surface area contributed by atoms with Crippen LogP contribution in [0.5, 0.6) is 0 Å². The molecule has 1 aliphatic carbocycles. The Kier molecular flexibility index (Phi) is 6.61. The minimum Gasteiger partial charge on any atom is -0.440 e. The molecule has 2 fully saturated rings. The number of rotatable bonds is 7. The molecule has 1 saturated heterocycles. The lowest BCUT2D eigenvalue weighted by Gasteiger charge is -2.16. The van der Waals surface area contributed by atoms with Gasteiger partial charge in [0.15, 0.2) is 17.3 Å². The number of aromatic nitrogens is 4. The van der Waals surface area contributed by atoms with Crippen molar-refractivity contribution in [3.05, 3.63) is 47.5 Å². The Labute approximate surface area is 196 Å². The molecule has 1 aliphatic heterocycles. The third-order valence-electron chi connectivity index (χ3n) is 6.63. The molecule has 0 N–H and O–H groups in total. The Balaban J connectivity index is 0.00000245. The lowest BCUT2D eigenvalue weighted by molar-refractivity contribution is 0.319. The van der Waals surface area contributed by atoms with Crippen molar-refractivity contribution in [1.82, 2.24) is 24.6 Å². The van der Waals surface area contributed by atoms with Gasteiger partial charge in [-0.1, -0.05) is 17.8 Å². The number of thioether (sulfide) groups is 1. The number of oxazole rings is 1. The second-order valence-electron chi connectivity index (χ2n) is 8.65. The average Bonchev–Trinajstić information content (AvgIpc) is 3.04. The first-order valence-corrected chi connectivity index (χ1v) is 11.6. The fourth-order valence-corrected chi connectivity index (χ4v) is 5.64. The lowest BCUT2D eigenvalue weighted by atomic mass is 9.98. The Bertz CT molecular complexity index is 1110. The minimum absolute atomic E-state index is 0. The molecule has 10 heteroatoms. The maximum atomic E-state index is 14.2. The molecule has 1 saturated carbocycles. The van der Waals surface area contributed by atoms with Gasteiger partial charge in [-0.15, -0.1) is 22.6 Å². The normalized spacial score (nSPS) is 22.4. The van der Waals surface area contributed by atoms with Crippen LogP contribution in [0, 0.1) is 24.0 Å². The van der Waals surface area contributed by atoms with Crippen LogP contribution in [0.2, 0.25) is 0 Å². The predicted octanol–water partition coefficient (Wildman–Crippen LogP) is 4.84. The summed E-state index contributed by atoms with van der Waals surface area (Å²) in [5.74, 6) is 1.60. The highest BCUT2D eigenvalue weighted by Crippen LogP contribution is 2.64. The van der Waals surface area contributed by atoms with Crippen molar-refractivity contribution in [2.45, 2.75) is 37.3 Å². The molecule has 2 aliphatic rings. The van der Waals surface area contributed by atoms with Gasteiger partial charge in [0.25, 0.3) is 0 Å². The van der Waals surface area contributed by atoms with Crippen LogP contribution in [0.1, 0.15) is 36.4 Å². The van der Waals surface area contributed by atoms with Crippen LogP contribution in [-0.2, 0) is 7.05 Å². The standard InChI is InChI=1S/C22H25F2N5OS.ClH/c1-14-19(30-13-25-14)20-26-27-21(28(20)2)31-9-3-7-29-8-6-22(12-29)11-17(22)16-5-4-15(23)10-18(16)24;/h4-5,10,13,17H,3,6-9,11-12H2,1-2H3;1H/t17-,22+;/m1./s1. The van der Waals surface area contributed by atoms with Gasteiger partial charge in [0.1, 0.15) is 11.6 Å². The number of benzene rings is 1. The molecule has 2 atom stereocenters. The molecule has 1 aromatic carbocycles. The summed E-state index contributed by atoms with van der Waals surface area (Å²) < 4.78 is 34.7. The van der Waals surface area contributed by atoms with Gasteiger partial charge in [0.2, 0.25) is 5.82 Å². The fraction of sp³-hybridized carbons (Fsp3) is 0.500. The van der Waals surface area contributed by atoms with E-state index in [1.165, 1.54) is 12.5 Å². The van der Waals surface area contributed by atoms with Crippen molar-refractivity contribution >= 4 is 24.2 Å². The lowest BCUT2D eigenvalue weighted by Crippen LogP contribution is -2.23. The van der Waals surface area contributed by atoms with E-state index in [4.69, 9.17) is 4.42 Å². The molecule has 0 unspecified atom stereocenters. The molecule has 0 radical (unpaired) electrons. The summed E-state index contributed by atoms with van der Waals surface area (Å²) >= 11 is 1.69. The second-order valence-corrected chi connectivity index (χ2v) is 9.71. The first kappa shape index (κ1) is 23.2. The minimum atomic E-state index is -0.507. The summed E-state index contributed by atoms with van der Waals surface area (Å²) in [4.78, 5) is 6.59. The molecule has 3 heterocycles. The van der Waals surface area contributed by atoms with Crippen LogP contribution >= 0.6 is 24.2 Å².